The van der Waals surface area contributed by atoms with Crippen LogP contribution >= 0.6 is 12.4 Å². The van der Waals surface area contributed by atoms with Gasteiger partial charge in [-0.3, -0.25) is 4.98 Å². The number of anilines is 2. The van der Waals surface area contributed by atoms with Crippen molar-refractivity contribution >= 4 is 40.8 Å². The van der Waals surface area contributed by atoms with Crippen LogP contribution in [0.3, 0.4) is 0 Å². The average Bonchev–Trinajstić information content (AvgIpc) is 2.67. The SMILES string of the molecule is CNc1cc2nc(C)c(-c3ccc(F)c(NC(=O)NCCC(C)(C)C)c3)cc2cn1.Cl. The number of nitrogens with zero attached hydrogens (tertiary/aromatic N) is 2. The van der Waals surface area contributed by atoms with Gasteiger partial charge in [-0.15, -0.1) is 12.4 Å². The Morgan fingerprint density at radius 1 is 1.16 bits per heavy atom. The molecule has 8 heteroatoms. The van der Waals surface area contributed by atoms with Gasteiger partial charge in [0, 0.05) is 42.5 Å². The van der Waals surface area contributed by atoms with Gasteiger partial charge in [-0.1, -0.05) is 26.8 Å². The zero-order valence-corrected chi connectivity index (χ0v) is 19.3. The van der Waals surface area contributed by atoms with E-state index in [-0.39, 0.29) is 23.5 Å². The highest BCUT2D eigenvalue weighted by Gasteiger charge is 2.13. The fourth-order valence-electron chi connectivity index (χ4n) is 3.10. The maximum absolute atomic E-state index is 14.3. The van der Waals surface area contributed by atoms with E-state index in [0.29, 0.717) is 6.54 Å². The number of hydrogen-bond donors (Lipinski definition) is 3. The van der Waals surface area contributed by atoms with Crippen molar-refractivity contribution in [2.24, 2.45) is 5.41 Å². The first-order chi connectivity index (χ1) is 14.2. The zero-order chi connectivity index (χ0) is 21.9. The van der Waals surface area contributed by atoms with Crippen LogP contribution in [0.4, 0.5) is 20.7 Å². The summed E-state index contributed by atoms with van der Waals surface area (Å²) in [6.45, 7) is 8.73. The molecule has 0 atom stereocenters. The van der Waals surface area contributed by atoms with E-state index >= 15 is 0 Å². The molecule has 0 aliphatic rings. The molecule has 3 aromatic rings. The topological polar surface area (TPSA) is 78.9 Å². The number of carbonyl (C=O) groups excluding carboxylic acids is 1. The fraction of sp³-hybridized carbons (Fsp3) is 0.348. The molecule has 0 radical (unpaired) electrons. The van der Waals surface area contributed by atoms with E-state index in [1.165, 1.54) is 6.07 Å². The van der Waals surface area contributed by atoms with Crippen molar-refractivity contribution in [3.8, 4) is 11.1 Å². The van der Waals surface area contributed by atoms with Crippen molar-refractivity contribution in [2.75, 3.05) is 24.2 Å². The van der Waals surface area contributed by atoms with Crippen LogP contribution in [-0.2, 0) is 0 Å². The summed E-state index contributed by atoms with van der Waals surface area (Å²) in [6, 6.07) is 8.10. The molecular weight excluding hydrogens is 417 g/mol. The van der Waals surface area contributed by atoms with Crippen molar-refractivity contribution < 1.29 is 9.18 Å². The van der Waals surface area contributed by atoms with E-state index < -0.39 is 11.8 Å². The first-order valence-electron chi connectivity index (χ1n) is 9.96. The number of pyridine rings is 2. The molecule has 0 aliphatic carbocycles. The zero-order valence-electron chi connectivity index (χ0n) is 18.5. The Morgan fingerprint density at radius 2 is 1.90 bits per heavy atom. The summed E-state index contributed by atoms with van der Waals surface area (Å²) >= 11 is 0. The lowest BCUT2D eigenvalue weighted by molar-refractivity contribution is 0.250. The second kappa shape index (κ2) is 9.92. The van der Waals surface area contributed by atoms with Gasteiger partial charge in [0.25, 0.3) is 0 Å². The number of aryl methyl sites for hydroxylation is 1. The van der Waals surface area contributed by atoms with Crippen molar-refractivity contribution in [3.63, 3.8) is 0 Å². The third-order valence-corrected chi connectivity index (χ3v) is 4.83. The molecule has 0 unspecified atom stereocenters. The van der Waals surface area contributed by atoms with Gasteiger partial charge < -0.3 is 16.0 Å². The van der Waals surface area contributed by atoms with Crippen molar-refractivity contribution in [1.29, 1.82) is 0 Å². The molecule has 3 N–H and O–H groups in total. The van der Waals surface area contributed by atoms with Gasteiger partial charge in [-0.05, 0) is 42.5 Å². The first-order valence-corrected chi connectivity index (χ1v) is 9.96. The molecule has 31 heavy (non-hydrogen) atoms. The molecule has 1 aromatic carbocycles. The van der Waals surface area contributed by atoms with Crippen LogP contribution in [0.25, 0.3) is 22.0 Å². The molecule has 166 valence electrons. The van der Waals surface area contributed by atoms with E-state index in [2.05, 4.69) is 46.7 Å². The van der Waals surface area contributed by atoms with E-state index in [0.717, 1.165) is 40.0 Å². The third-order valence-electron chi connectivity index (χ3n) is 4.83. The van der Waals surface area contributed by atoms with Crippen LogP contribution in [0.15, 0.2) is 36.5 Å². The molecule has 2 heterocycles. The monoisotopic (exact) mass is 445 g/mol. The Labute approximate surface area is 188 Å². The summed E-state index contributed by atoms with van der Waals surface area (Å²) in [5.41, 5.74) is 3.51. The van der Waals surface area contributed by atoms with E-state index in [9.17, 15) is 9.18 Å². The number of benzene rings is 1. The number of fused-ring (bicyclic) bond motifs is 1. The number of urea groups is 1. The molecule has 2 aromatic heterocycles. The van der Waals surface area contributed by atoms with E-state index in [1.807, 2.05) is 26.1 Å². The minimum absolute atomic E-state index is 0. The smallest absolute Gasteiger partial charge is 0.319 e. The van der Waals surface area contributed by atoms with Crippen LogP contribution in [0, 0.1) is 18.2 Å². The second-order valence-corrected chi connectivity index (χ2v) is 8.52. The van der Waals surface area contributed by atoms with E-state index in [4.69, 9.17) is 0 Å². The average molecular weight is 446 g/mol. The van der Waals surface area contributed by atoms with Gasteiger partial charge in [-0.25, -0.2) is 14.2 Å². The lowest BCUT2D eigenvalue weighted by Crippen LogP contribution is -2.31. The maximum atomic E-state index is 14.3. The highest BCUT2D eigenvalue weighted by molar-refractivity contribution is 5.91. The highest BCUT2D eigenvalue weighted by Crippen LogP contribution is 2.30. The molecule has 6 nitrogen and oxygen atoms in total. The summed E-state index contributed by atoms with van der Waals surface area (Å²) in [5.74, 6) is 0.254. The summed E-state index contributed by atoms with van der Waals surface area (Å²) < 4.78 is 14.3. The Kier molecular flexibility index (Phi) is 7.79. The Morgan fingerprint density at radius 3 is 2.58 bits per heavy atom. The minimum Gasteiger partial charge on any atom is -0.373 e. The number of rotatable bonds is 5. The number of carbonyl (C=O) groups is 1. The third kappa shape index (κ3) is 6.28. The highest BCUT2D eigenvalue weighted by atomic mass is 35.5. The molecule has 0 fully saturated rings. The summed E-state index contributed by atoms with van der Waals surface area (Å²) in [5, 5.41) is 9.27. The van der Waals surface area contributed by atoms with Crippen LogP contribution in [0.5, 0.6) is 0 Å². The molecule has 3 rings (SSSR count). The summed E-state index contributed by atoms with van der Waals surface area (Å²) in [7, 11) is 1.81. The number of hydrogen-bond acceptors (Lipinski definition) is 4. The van der Waals surface area contributed by atoms with Gasteiger partial charge in [0.2, 0.25) is 0 Å². The Hall–Kier alpha value is -2.93. The summed E-state index contributed by atoms with van der Waals surface area (Å²) in [4.78, 5) is 21.2. The van der Waals surface area contributed by atoms with Gasteiger partial charge in [0.05, 0.1) is 11.2 Å². The molecule has 0 aliphatic heterocycles. The fourth-order valence-corrected chi connectivity index (χ4v) is 3.10. The number of amides is 2. The number of nitrogens with one attached hydrogen (secondary N) is 3. The van der Waals surface area contributed by atoms with Gasteiger partial charge in [0.1, 0.15) is 11.6 Å². The minimum atomic E-state index is -0.489. The predicted octanol–water partition coefficient (Wildman–Crippen LogP) is 5.77. The lowest BCUT2D eigenvalue weighted by Gasteiger charge is -2.18. The first kappa shape index (κ1) is 24.3. The van der Waals surface area contributed by atoms with Crippen LogP contribution in [0.1, 0.15) is 32.9 Å². The largest absolute Gasteiger partial charge is 0.373 e. The van der Waals surface area contributed by atoms with E-state index in [1.54, 1.807) is 18.3 Å². The quantitative estimate of drug-likeness (QED) is 0.466. The second-order valence-electron chi connectivity index (χ2n) is 8.52. The normalized spacial score (nSPS) is 11.0. The standard InChI is InChI=1S/C23H28FN5O.ClH/c1-14-17(10-16-13-27-21(25-5)12-19(16)28-14)15-6-7-18(24)20(11-15)29-22(30)26-9-8-23(2,3)4;/h6-7,10-13H,8-9H2,1-5H3,(H,25,27)(H2,26,29,30);1H. The van der Waals surface area contributed by atoms with Crippen LogP contribution < -0.4 is 16.0 Å². The summed E-state index contributed by atoms with van der Waals surface area (Å²) in [6.07, 6.45) is 2.58. The lowest BCUT2D eigenvalue weighted by atomic mass is 9.92. The molecular formula is C23H29ClFN5O. The molecule has 0 saturated carbocycles. The molecule has 0 bridgehead atoms. The van der Waals surface area contributed by atoms with Crippen molar-refractivity contribution in [3.05, 3.63) is 48.0 Å². The maximum Gasteiger partial charge on any atom is 0.319 e. The van der Waals surface area contributed by atoms with Crippen molar-refractivity contribution in [1.82, 2.24) is 15.3 Å². The Balaban J connectivity index is 0.00000341. The van der Waals surface area contributed by atoms with Gasteiger partial charge in [0.15, 0.2) is 0 Å². The van der Waals surface area contributed by atoms with Gasteiger partial charge >= 0.3 is 6.03 Å². The molecule has 2 amide bonds. The number of aromatic nitrogens is 2. The van der Waals surface area contributed by atoms with Crippen LogP contribution in [0.2, 0.25) is 0 Å². The predicted molar refractivity (Wildman–Crippen MR) is 128 cm³/mol. The molecule has 0 spiro atoms. The molecule has 0 saturated heterocycles. The van der Waals surface area contributed by atoms with Gasteiger partial charge in [-0.2, -0.15) is 0 Å². The van der Waals surface area contributed by atoms with Crippen molar-refractivity contribution in [2.45, 2.75) is 34.1 Å². The number of halogens is 2. The Bertz CT molecular complexity index is 1080. The van der Waals surface area contributed by atoms with Crippen LogP contribution in [-0.4, -0.2) is 29.6 Å².